The second-order valence-corrected chi connectivity index (χ2v) is 5.43. The highest BCUT2D eigenvalue weighted by molar-refractivity contribution is 7.83. The van der Waals surface area contributed by atoms with E-state index in [1.807, 2.05) is 19.9 Å². The van der Waals surface area contributed by atoms with E-state index in [0.29, 0.717) is 15.9 Å². The van der Waals surface area contributed by atoms with E-state index in [9.17, 15) is 14.3 Å². The van der Waals surface area contributed by atoms with Gasteiger partial charge in [-0.1, -0.05) is 32.0 Å². The fraction of sp³-hybridized carbons (Fsp3) is 0.133. The molecule has 3 aromatic rings. The average molecular weight is 317 g/mol. The Labute approximate surface area is 130 Å². The van der Waals surface area contributed by atoms with Crippen LogP contribution in [0.1, 0.15) is 13.8 Å². The van der Waals surface area contributed by atoms with E-state index in [-0.39, 0.29) is 5.69 Å². The summed E-state index contributed by atoms with van der Waals surface area (Å²) >= 11 is 0. The molecule has 0 spiro atoms. The summed E-state index contributed by atoms with van der Waals surface area (Å²) in [5.41, 5.74) is 0.374. The Morgan fingerprint density at radius 1 is 1.18 bits per heavy atom. The van der Waals surface area contributed by atoms with E-state index in [0.717, 1.165) is 0 Å². The first-order valence-electron chi connectivity index (χ1n) is 6.75. The lowest BCUT2D eigenvalue weighted by Gasteiger charge is -2.04. The van der Waals surface area contributed by atoms with Gasteiger partial charge in [-0.3, -0.25) is 10.1 Å². The van der Waals surface area contributed by atoms with Crippen LogP contribution in [0.25, 0.3) is 11.0 Å². The fourth-order valence-electron chi connectivity index (χ4n) is 1.87. The largest absolute Gasteiger partial charge is 0.288 e. The average Bonchev–Trinajstić information content (AvgIpc) is 3.00. The van der Waals surface area contributed by atoms with Crippen LogP contribution in [0.5, 0.6) is 0 Å². The van der Waals surface area contributed by atoms with E-state index in [2.05, 4.69) is 4.98 Å². The molecule has 1 unspecified atom stereocenters. The number of benzene rings is 1. The molecule has 0 radical (unpaired) electrons. The van der Waals surface area contributed by atoms with Crippen molar-refractivity contribution < 1.29 is 9.13 Å². The van der Waals surface area contributed by atoms with Gasteiger partial charge in [0.1, 0.15) is 6.20 Å². The van der Waals surface area contributed by atoms with E-state index >= 15 is 0 Å². The van der Waals surface area contributed by atoms with Gasteiger partial charge in [0.2, 0.25) is 0 Å². The maximum absolute atomic E-state index is 12.4. The predicted octanol–water partition coefficient (Wildman–Crippen LogP) is 3.54. The summed E-state index contributed by atoms with van der Waals surface area (Å²) in [4.78, 5) is 14.9. The lowest BCUT2D eigenvalue weighted by Crippen LogP contribution is -2.04. The minimum atomic E-state index is -1.42. The van der Waals surface area contributed by atoms with E-state index in [4.69, 9.17) is 0 Å². The monoisotopic (exact) mass is 317 g/mol. The molecule has 0 bridgehead atoms. The van der Waals surface area contributed by atoms with Crippen molar-refractivity contribution in [2.24, 2.45) is 0 Å². The molecule has 2 aromatic heterocycles. The van der Waals surface area contributed by atoms with Gasteiger partial charge in [0.25, 0.3) is 5.69 Å². The molecule has 0 aliphatic rings. The van der Waals surface area contributed by atoms with Gasteiger partial charge in [-0.15, -0.1) is 0 Å². The van der Waals surface area contributed by atoms with Gasteiger partial charge in [0.05, 0.1) is 9.82 Å². The Kier molecular flexibility index (Phi) is 5.00. The summed E-state index contributed by atoms with van der Waals surface area (Å²) in [6.07, 6.45) is 2.78. The normalized spacial score (nSPS) is 11.5. The second-order valence-electron chi connectivity index (χ2n) is 4.07. The lowest BCUT2D eigenvalue weighted by molar-refractivity contribution is -0.385. The van der Waals surface area contributed by atoms with E-state index in [1.165, 1.54) is 16.2 Å². The third-order valence-corrected chi connectivity index (χ3v) is 4.14. The summed E-state index contributed by atoms with van der Waals surface area (Å²) in [5, 5.41) is 11.3. The Hall–Kier alpha value is -2.54. The summed E-state index contributed by atoms with van der Waals surface area (Å²) in [7, 11) is -1.42. The number of nitrogens with zero attached hydrogens (tertiary/aromatic N) is 3. The lowest BCUT2D eigenvalue weighted by atomic mass is 10.3. The summed E-state index contributed by atoms with van der Waals surface area (Å²) in [5.74, 6) is 0. The molecule has 0 fully saturated rings. The molecular weight excluding hydrogens is 302 g/mol. The van der Waals surface area contributed by atoms with Crippen LogP contribution in [0.15, 0.2) is 59.8 Å². The zero-order valence-electron chi connectivity index (χ0n) is 12.2. The Balaban J connectivity index is 0.000000847. The van der Waals surface area contributed by atoms with Crippen LogP contribution in [-0.2, 0) is 11.0 Å². The van der Waals surface area contributed by atoms with Gasteiger partial charge in [-0.25, -0.2) is 13.2 Å². The molecule has 2 heterocycles. The van der Waals surface area contributed by atoms with Gasteiger partial charge in [0, 0.05) is 17.6 Å². The van der Waals surface area contributed by atoms with Crippen molar-refractivity contribution in [1.82, 2.24) is 8.96 Å². The van der Waals surface area contributed by atoms with Crippen molar-refractivity contribution >= 4 is 27.7 Å². The zero-order valence-corrected chi connectivity index (χ0v) is 13.0. The molecule has 0 amide bonds. The molecule has 0 N–H and O–H groups in total. The van der Waals surface area contributed by atoms with Gasteiger partial charge < -0.3 is 0 Å². The first-order valence-corrected chi connectivity index (χ1v) is 7.86. The van der Waals surface area contributed by atoms with Gasteiger partial charge in [-0.2, -0.15) is 0 Å². The van der Waals surface area contributed by atoms with Crippen molar-refractivity contribution in [3.05, 3.63) is 65.0 Å². The minimum Gasteiger partial charge on any atom is -0.258 e. The number of rotatable bonds is 3. The van der Waals surface area contributed by atoms with Crippen LogP contribution < -0.4 is 0 Å². The first kappa shape index (κ1) is 15.8. The highest BCUT2D eigenvalue weighted by Gasteiger charge is 2.14. The third-order valence-electron chi connectivity index (χ3n) is 2.81. The smallest absolute Gasteiger partial charge is 0.258 e. The second kappa shape index (κ2) is 6.95. The number of hydrogen-bond acceptors (Lipinski definition) is 4. The maximum atomic E-state index is 12.4. The highest BCUT2D eigenvalue weighted by Crippen LogP contribution is 2.21. The molecule has 1 atom stereocenters. The van der Waals surface area contributed by atoms with Gasteiger partial charge >= 0.3 is 0 Å². The Morgan fingerprint density at radius 2 is 1.86 bits per heavy atom. The fourth-order valence-corrected chi connectivity index (χ4v) is 2.97. The van der Waals surface area contributed by atoms with E-state index < -0.39 is 15.9 Å². The molecule has 0 saturated heterocycles. The number of fused-ring (bicyclic) bond motifs is 1. The molecule has 3 rings (SSSR count). The molecule has 0 saturated carbocycles. The standard InChI is InChI=1S/C13H9N3O3S.C2H6/c17-16(18)11-8-10-6-7-15(13(10)14-9-11)20(19)12-4-2-1-3-5-12;1-2/h1-9H;1-2H3. The van der Waals surface area contributed by atoms with Crippen LogP contribution in [-0.4, -0.2) is 18.1 Å². The van der Waals surface area contributed by atoms with E-state index in [1.54, 1.807) is 36.5 Å². The van der Waals surface area contributed by atoms with Crippen molar-refractivity contribution in [1.29, 1.82) is 0 Å². The van der Waals surface area contributed by atoms with Gasteiger partial charge in [0.15, 0.2) is 16.6 Å². The number of pyridine rings is 1. The SMILES string of the molecule is CC.O=[N+]([O-])c1cnc2c(ccn2S(=O)c2ccccc2)c1. The van der Waals surface area contributed by atoms with Crippen molar-refractivity contribution in [3.63, 3.8) is 0 Å². The Bertz CT molecular complexity index is 815. The third kappa shape index (κ3) is 3.04. The van der Waals surface area contributed by atoms with Crippen molar-refractivity contribution in [2.45, 2.75) is 18.7 Å². The predicted molar refractivity (Wildman–Crippen MR) is 86.0 cm³/mol. The summed E-state index contributed by atoms with van der Waals surface area (Å²) in [6, 6.07) is 12.0. The molecule has 22 heavy (non-hydrogen) atoms. The Morgan fingerprint density at radius 3 is 2.50 bits per heavy atom. The molecule has 114 valence electrons. The molecule has 0 aliphatic heterocycles. The van der Waals surface area contributed by atoms with Crippen LogP contribution in [0.3, 0.4) is 0 Å². The molecule has 0 aliphatic carbocycles. The molecular formula is C15H15N3O3S. The number of aromatic nitrogens is 2. The minimum absolute atomic E-state index is 0.0826. The van der Waals surface area contributed by atoms with Crippen molar-refractivity contribution in [3.8, 4) is 0 Å². The van der Waals surface area contributed by atoms with Crippen molar-refractivity contribution in [2.75, 3.05) is 0 Å². The molecule has 6 nitrogen and oxygen atoms in total. The topological polar surface area (TPSA) is 78.0 Å². The summed E-state index contributed by atoms with van der Waals surface area (Å²) < 4.78 is 13.9. The first-order chi connectivity index (χ1) is 10.7. The zero-order chi connectivity index (χ0) is 16.1. The van der Waals surface area contributed by atoms with Crippen LogP contribution in [0.4, 0.5) is 5.69 Å². The maximum Gasteiger partial charge on any atom is 0.288 e. The molecule has 1 aromatic carbocycles. The quantitative estimate of drug-likeness (QED) is 0.547. The summed E-state index contributed by atoms with van der Waals surface area (Å²) in [6.45, 7) is 4.00. The number of nitro groups is 1. The highest BCUT2D eigenvalue weighted by atomic mass is 32.2. The van der Waals surface area contributed by atoms with Crippen LogP contribution in [0.2, 0.25) is 0 Å². The molecule has 7 heteroatoms. The van der Waals surface area contributed by atoms with Gasteiger partial charge in [-0.05, 0) is 18.2 Å². The van der Waals surface area contributed by atoms with Crippen LogP contribution in [0, 0.1) is 10.1 Å². The van der Waals surface area contributed by atoms with Crippen LogP contribution >= 0.6 is 0 Å². The number of hydrogen-bond donors (Lipinski definition) is 0.